The third-order valence-corrected chi connectivity index (χ3v) is 4.80. The summed E-state index contributed by atoms with van der Waals surface area (Å²) in [5.41, 5.74) is 2.23. The lowest BCUT2D eigenvalue weighted by atomic mass is 10.1. The minimum absolute atomic E-state index is 0. The first-order valence-corrected chi connectivity index (χ1v) is 8.13. The lowest BCUT2D eigenvalue weighted by molar-refractivity contribution is 0.0818. The molecule has 6 heteroatoms. The zero-order valence-corrected chi connectivity index (χ0v) is 15.4. The van der Waals surface area contributed by atoms with Crippen LogP contribution in [-0.2, 0) is 4.74 Å². The van der Waals surface area contributed by atoms with Crippen LogP contribution in [0.25, 0.3) is 0 Å². The molecule has 1 aromatic rings. The Morgan fingerprint density at radius 1 is 0.957 bits per heavy atom. The van der Waals surface area contributed by atoms with Gasteiger partial charge in [-0.3, -0.25) is 0 Å². The maximum Gasteiger partial charge on any atom is 0.139 e. The molecule has 2 fully saturated rings. The Bertz CT molecular complexity index is 474. The molecule has 23 heavy (non-hydrogen) atoms. The fourth-order valence-corrected chi connectivity index (χ4v) is 3.45. The summed E-state index contributed by atoms with van der Waals surface area (Å²) in [6.07, 6.45) is 6.32. The number of phenolic OH excluding ortho intramolecular Hbond substituents is 1. The van der Waals surface area contributed by atoms with E-state index in [1.165, 1.54) is 24.9 Å². The number of ether oxygens (including phenoxy) is 1. The van der Waals surface area contributed by atoms with E-state index >= 15 is 0 Å². The van der Waals surface area contributed by atoms with Crippen LogP contribution in [0.3, 0.4) is 0 Å². The van der Waals surface area contributed by atoms with E-state index in [0.29, 0.717) is 11.9 Å². The maximum atomic E-state index is 10.2. The highest BCUT2D eigenvalue weighted by Crippen LogP contribution is 2.34. The summed E-state index contributed by atoms with van der Waals surface area (Å²) in [7, 11) is 1.79. The summed E-state index contributed by atoms with van der Waals surface area (Å²) in [5, 5.41) is 10.2. The van der Waals surface area contributed by atoms with Gasteiger partial charge in [0.2, 0.25) is 0 Å². The molecule has 0 saturated carbocycles. The van der Waals surface area contributed by atoms with E-state index < -0.39 is 0 Å². The molecule has 0 radical (unpaired) electrons. The number of rotatable bonds is 3. The maximum absolute atomic E-state index is 10.2. The minimum Gasteiger partial charge on any atom is -0.506 e. The number of hydrogen-bond acceptors (Lipinski definition) is 4. The Morgan fingerprint density at radius 2 is 1.61 bits per heavy atom. The molecule has 3 rings (SSSR count). The van der Waals surface area contributed by atoms with Gasteiger partial charge in [0.05, 0.1) is 11.8 Å². The van der Waals surface area contributed by atoms with Gasteiger partial charge in [-0.15, -0.1) is 24.8 Å². The molecule has 1 aromatic carbocycles. The van der Waals surface area contributed by atoms with E-state index in [1.807, 2.05) is 12.1 Å². The van der Waals surface area contributed by atoms with Crippen molar-refractivity contribution in [2.24, 2.45) is 0 Å². The molecule has 2 heterocycles. The molecule has 1 N–H and O–H groups in total. The fourth-order valence-electron chi connectivity index (χ4n) is 3.45. The monoisotopic (exact) mass is 362 g/mol. The van der Waals surface area contributed by atoms with Crippen LogP contribution in [0.5, 0.6) is 5.75 Å². The van der Waals surface area contributed by atoms with Crippen molar-refractivity contribution in [2.45, 2.75) is 38.2 Å². The number of hydrogen-bond donors (Lipinski definition) is 1. The molecule has 0 aliphatic carbocycles. The van der Waals surface area contributed by atoms with Crippen LogP contribution in [0.1, 0.15) is 32.1 Å². The van der Waals surface area contributed by atoms with Crippen molar-refractivity contribution in [1.29, 1.82) is 0 Å². The predicted octanol–water partition coefficient (Wildman–Crippen LogP) is 3.84. The van der Waals surface area contributed by atoms with Crippen LogP contribution in [0, 0.1) is 0 Å². The van der Waals surface area contributed by atoms with Crippen molar-refractivity contribution >= 4 is 36.2 Å². The smallest absolute Gasteiger partial charge is 0.139 e. The van der Waals surface area contributed by atoms with Crippen LogP contribution in [0.2, 0.25) is 0 Å². The molecule has 2 saturated heterocycles. The second-order valence-corrected chi connectivity index (χ2v) is 6.14. The van der Waals surface area contributed by atoms with Crippen molar-refractivity contribution in [2.75, 3.05) is 43.1 Å². The summed E-state index contributed by atoms with van der Waals surface area (Å²) in [6.45, 7) is 4.18. The number of benzene rings is 1. The van der Waals surface area contributed by atoms with E-state index in [0.717, 1.165) is 44.7 Å². The van der Waals surface area contributed by atoms with E-state index in [1.54, 1.807) is 7.11 Å². The molecule has 0 spiro atoms. The average Bonchev–Trinajstić information content (AvgIpc) is 2.56. The molecule has 2 aliphatic rings. The number of aromatic hydroxyl groups is 1. The second kappa shape index (κ2) is 9.45. The number of piperidine rings is 2. The first kappa shape index (κ1) is 20.2. The summed E-state index contributed by atoms with van der Waals surface area (Å²) in [6, 6.07) is 6.06. The van der Waals surface area contributed by atoms with E-state index in [-0.39, 0.29) is 24.8 Å². The third kappa shape index (κ3) is 4.82. The van der Waals surface area contributed by atoms with Gasteiger partial charge in [0, 0.05) is 39.0 Å². The minimum atomic E-state index is 0. The van der Waals surface area contributed by atoms with Crippen molar-refractivity contribution in [3.8, 4) is 5.75 Å². The standard InChI is InChI=1S/C17H26N2O2.2ClH/c1-21-15-7-11-19(12-8-15)16-13-14(5-6-17(16)20)18-9-3-2-4-10-18;;/h5-6,13,15,20H,2-4,7-12H2,1H3;2*1H. The molecular formula is C17H28Cl2N2O2. The highest BCUT2D eigenvalue weighted by molar-refractivity contribution is 5.85. The number of halogens is 2. The van der Waals surface area contributed by atoms with Gasteiger partial charge in [-0.25, -0.2) is 0 Å². The largest absolute Gasteiger partial charge is 0.506 e. The molecule has 0 aromatic heterocycles. The van der Waals surface area contributed by atoms with Gasteiger partial charge >= 0.3 is 0 Å². The number of nitrogens with zero attached hydrogens (tertiary/aromatic N) is 2. The number of phenols is 1. The van der Waals surface area contributed by atoms with Crippen LogP contribution in [-0.4, -0.2) is 44.5 Å². The molecule has 0 atom stereocenters. The van der Waals surface area contributed by atoms with Crippen LogP contribution in [0.4, 0.5) is 11.4 Å². The van der Waals surface area contributed by atoms with Gasteiger partial charge in [-0.2, -0.15) is 0 Å². The van der Waals surface area contributed by atoms with Gasteiger partial charge in [0.25, 0.3) is 0 Å². The van der Waals surface area contributed by atoms with Crippen molar-refractivity contribution < 1.29 is 9.84 Å². The zero-order chi connectivity index (χ0) is 14.7. The average molecular weight is 363 g/mol. The first-order chi connectivity index (χ1) is 10.3. The first-order valence-electron chi connectivity index (χ1n) is 8.13. The highest BCUT2D eigenvalue weighted by Gasteiger charge is 2.22. The lowest BCUT2D eigenvalue weighted by Crippen LogP contribution is -2.37. The van der Waals surface area contributed by atoms with Crippen molar-refractivity contribution in [1.82, 2.24) is 0 Å². The quantitative estimate of drug-likeness (QED) is 0.885. The number of anilines is 2. The Balaban J connectivity index is 0.00000132. The molecular weight excluding hydrogens is 335 g/mol. The lowest BCUT2D eigenvalue weighted by Gasteiger charge is -2.35. The van der Waals surface area contributed by atoms with E-state index in [9.17, 15) is 5.11 Å². The Morgan fingerprint density at radius 3 is 2.22 bits per heavy atom. The van der Waals surface area contributed by atoms with Crippen LogP contribution in [0.15, 0.2) is 18.2 Å². The van der Waals surface area contributed by atoms with Crippen molar-refractivity contribution in [3.05, 3.63) is 18.2 Å². The Hall–Kier alpha value is -0.840. The fraction of sp³-hybridized carbons (Fsp3) is 0.647. The van der Waals surface area contributed by atoms with Gasteiger partial charge in [-0.05, 0) is 50.3 Å². The summed E-state index contributed by atoms with van der Waals surface area (Å²) >= 11 is 0. The summed E-state index contributed by atoms with van der Waals surface area (Å²) in [5.74, 6) is 0.395. The Labute approximate surface area is 151 Å². The highest BCUT2D eigenvalue weighted by atomic mass is 35.5. The topological polar surface area (TPSA) is 35.9 Å². The molecule has 2 aliphatic heterocycles. The predicted molar refractivity (Wildman–Crippen MR) is 101 cm³/mol. The molecule has 0 bridgehead atoms. The van der Waals surface area contributed by atoms with E-state index in [4.69, 9.17) is 4.74 Å². The normalized spacial score (nSPS) is 19.0. The van der Waals surface area contributed by atoms with E-state index in [2.05, 4.69) is 15.9 Å². The van der Waals surface area contributed by atoms with Gasteiger partial charge in [0.15, 0.2) is 0 Å². The molecule has 0 unspecified atom stereocenters. The third-order valence-electron chi connectivity index (χ3n) is 4.80. The summed E-state index contributed by atoms with van der Waals surface area (Å²) in [4.78, 5) is 4.73. The van der Waals surface area contributed by atoms with Gasteiger partial charge in [-0.1, -0.05) is 0 Å². The van der Waals surface area contributed by atoms with Gasteiger partial charge in [0.1, 0.15) is 5.75 Å². The Kier molecular flexibility index (Phi) is 8.31. The van der Waals surface area contributed by atoms with Gasteiger partial charge < -0.3 is 19.6 Å². The van der Waals surface area contributed by atoms with Crippen molar-refractivity contribution in [3.63, 3.8) is 0 Å². The molecule has 0 amide bonds. The van der Waals surface area contributed by atoms with Crippen LogP contribution < -0.4 is 9.80 Å². The second-order valence-electron chi connectivity index (χ2n) is 6.14. The summed E-state index contributed by atoms with van der Waals surface area (Å²) < 4.78 is 5.43. The molecule has 4 nitrogen and oxygen atoms in total. The number of methoxy groups -OCH3 is 1. The zero-order valence-electron chi connectivity index (χ0n) is 13.7. The molecule has 132 valence electrons. The van der Waals surface area contributed by atoms with Crippen LogP contribution >= 0.6 is 24.8 Å². The SMILES string of the molecule is COC1CCN(c2cc(N3CCCCC3)ccc2O)CC1.Cl.Cl.